The van der Waals surface area contributed by atoms with Crippen LogP contribution in [-0.4, -0.2) is 11.1 Å². The molecule has 0 radical (unpaired) electrons. The Morgan fingerprint density at radius 3 is 2.56 bits per heavy atom. The lowest BCUT2D eigenvalue weighted by Crippen LogP contribution is -2.06. The summed E-state index contributed by atoms with van der Waals surface area (Å²) in [5, 5.41) is 10.1. The molecule has 0 atom stereocenters. The number of nitriles is 1. The molecule has 1 heterocycles. The van der Waals surface area contributed by atoms with Crippen molar-refractivity contribution in [3.63, 3.8) is 0 Å². The molecule has 94 valence electrons. The number of hydrogen-bond acceptors (Lipinski definition) is 4. The maximum Gasteiger partial charge on any atom is 0.148 e. The number of rotatable bonds is 3. The first kappa shape index (κ1) is 12.8. The molecule has 0 N–H and O–H groups in total. The van der Waals surface area contributed by atoms with Gasteiger partial charge in [-0.3, -0.25) is 0 Å². The molecule has 0 aliphatic heterocycles. The second-order valence-corrected chi connectivity index (χ2v) is 5.87. The van der Waals surface area contributed by atoms with E-state index in [-0.39, 0.29) is 6.10 Å². The van der Waals surface area contributed by atoms with Crippen molar-refractivity contribution in [1.29, 1.82) is 5.26 Å². The van der Waals surface area contributed by atoms with Crippen LogP contribution in [0.5, 0.6) is 5.75 Å². The van der Waals surface area contributed by atoms with Crippen molar-refractivity contribution in [2.75, 3.05) is 0 Å². The second kappa shape index (κ2) is 4.95. The van der Waals surface area contributed by atoms with Crippen molar-refractivity contribution >= 4 is 21.6 Å². The Bertz CT molecular complexity index is 608. The minimum Gasteiger partial charge on any atom is -0.489 e. The maximum absolute atomic E-state index is 9.05. The highest BCUT2D eigenvalue weighted by Crippen LogP contribution is 2.34. The molecule has 0 bridgehead atoms. The highest BCUT2D eigenvalue weighted by Gasteiger charge is 2.14. The predicted octanol–water partition coefficient (Wildman–Crippen LogP) is 4.08. The Kier molecular flexibility index (Phi) is 3.53. The van der Waals surface area contributed by atoms with Crippen molar-refractivity contribution in [2.24, 2.45) is 0 Å². The van der Waals surface area contributed by atoms with E-state index in [1.165, 1.54) is 0 Å². The molecule has 3 nitrogen and oxygen atoms in total. The third-order valence-corrected chi connectivity index (χ3v) is 3.77. The van der Waals surface area contributed by atoms with Crippen LogP contribution in [0.1, 0.15) is 44.2 Å². The van der Waals surface area contributed by atoms with Crippen LogP contribution in [0.2, 0.25) is 0 Å². The molecule has 0 aliphatic rings. The molecule has 0 fully saturated rings. The van der Waals surface area contributed by atoms with E-state index in [0.29, 0.717) is 17.2 Å². The van der Waals surface area contributed by atoms with Crippen molar-refractivity contribution in [1.82, 2.24) is 4.98 Å². The van der Waals surface area contributed by atoms with Crippen LogP contribution in [0.25, 0.3) is 10.2 Å². The van der Waals surface area contributed by atoms with Gasteiger partial charge in [-0.25, -0.2) is 4.98 Å². The molecule has 2 rings (SSSR count). The zero-order valence-corrected chi connectivity index (χ0v) is 11.8. The fourth-order valence-electron chi connectivity index (χ4n) is 1.67. The van der Waals surface area contributed by atoms with Crippen LogP contribution in [0.15, 0.2) is 12.1 Å². The van der Waals surface area contributed by atoms with Crippen molar-refractivity contribution in [3.05, 3.63) is 22.7 Å². The lowest BCUT2D eigenvalue weighted by molar-refractivity contribution is 0.245. The molecule has 18 heavy (non-hydrogen) atoms. The van der Waals surface area contributed by atoms with Gasteiger partial charge in [0.05, 0.1) is 27.4 Å². The van der Waals surface area contributed by atoms with E-state index >= 15 is 0 Å². The normalized spacial score (nSPS) is 11.2. The van der Waals surface area contributed by atoms with Crippen LogP contribution in [0, 0.1) is 11.3 Å². The fourth-order valence-corrected chi connectivity index (χ4v) is 2.70. The topological polar surface area (TPSA) is 45.9 Å². The van der Waals surface area contributed by atoms with E-state index in [0.717, 1.165) is 15.2 Å². The summed E-state index contributed by atoms with van der Waals surface area (Å²) in [5.41, 5.74) is 1.49. The van der Waals surface area contributed by atoms with Crippen molar-refractivity contribution in [3.8, 4) is 11.8 Å². The molecule has 4 heteroatoms. The number of benzene rings is 1. The van der Waals surface area contributed by atoms with E-state index in [1.54, 1.807) is 17.4 Å². The summed E-state index contributed by atoms with van der Waals surface area (Å²) in [5.74, 6) is 1.10. The molecule has 1 aromatic carbocycles. The van der Waals surface area contributed by atoms with Gasteiger partial charge in [0.1, 0.15) is 11.3 Å². The molecule has 1 aromatic heterocycles. The quantitative estimate of drug-likeness (QED) is 0.835. The standard InChI is InChI=1S/C14H16N2OS/c1-8(2)14-16-13-11(17-9(3)4)5-10(7-15)6-12(13)18-14/h5-6,8-9H,1-4H3. The zero-order valence-electron chi connectivity index (χ0n) is 11.0. The van der Waals surface area contributed by atoms with E-state index in [4.69, 9.17) is 10.00 Å². The molecule has 0 amide bonds. The minimum absolute atomic E-state index is 0.0753. The van der Waals surface area contributed by atoms with Gasteiger partial charge in [0.15, 0.2) is 0 Å². The third-order valence-electron chi connectivity index (χ3n) is 2.46. The smallest absolute Gasteiger partial charge is 0.148 e. The molecular formula is C14H16N2OS. The summed E-state index contributed by atoms with van der Waals surface area (Å²) in [6.07, 6.45) is 0.0753. The Morgan fingerprint density at radius 1 is 1.28 bits per heavy atom. The van der Waals surface area contributed by atoms with Gasteiger partial charge in [0, 0.05) is 12.0 Å². The van der Waals surface area contributed by atoms with Gasteiger partial charge < -0.3 is 4.74 Å². The van der Waals surface area contributed by atoms with E-state index in [1.807, 2.05) is 19.9 Å². The zero-order chi connectivity index (χ0) is 13.3. The van der Waals surface area contributed by atoms with Gasteiger partial charge in [0.25, 0.3) is 0 Å². The molecular weight excluding hydrogens is 244 g/mol. The van der Waals surface area contributed by atoms with Gasteiger partial charge in [-0.2, -0.15) is 5.26 Å². The van der Waals surface area contributed by atoms with Crippen LogP contribution < -0.4 is 4.74 Å². The van der Waals surface area contributed by atoms with Crippen LogP contribution in [0.4, 0.5) is 0 Å². The van der Waals surface area contributed by atoms with Crippen molar-refractivity contribution in [2.45, 2.75) is 39.7 Å². The van der Waals surface area contributed by atoms with E-state index < -0.39 is 0 Å². The first-order valence-corrected chi connectivity index (χ1v) is 6.84. The average Bonchev–Trinajstić information content (AvgIpc) is 2.72. The van der Waals surface area contributed by atoms with E-state index in [2.05, 4.69) is 24.9 Å². The lowest BCUT2D eigenvalue weighted by Gasteiger charge is -2.10. The van der Waals surface area contributed by atoms with Gasteiger partial charge in [-0.1, -0.05) is 13.8 Å². The van der Waals surface area contributed by atoms with Gasteiger partial charge >= 0.3 is 0 Å². The molecule has 2 aromatic rings. The van der Waals surface area contributed by atoms with Crippen LogP contribution in [-0.2, 0) is 0 Å². The monoisotopic (exact) mass is 260 g/mol. The Balaban J connectivity index is 2.62. The summed E-state index contributed by atoms with van der Waals surface area (Å²) in [4.78, 5) is 4.62. The number of hydrogen-bond donors (Lipinski definition) is 0. The molecule has 0 spiro atoms. The van der Waals surface area contributed by atoms with Crippen LogP contribution >= 0.6 is 11.3 Å². The number of fused-ring (bicyclic) bond motifs is 1. The summed E-state index contributed by atoms with van der Waals surface area (Å²) < 4.78 is 6.78. The Morgan fingerprint density at radius 2 is 2.00 bits per heavy atom. The van der Waals surface area contributed by atoms with E-state index in [9.17, 15) is 0 Å². The highest BCUT2D eigenvalue weighted by atomic mass is 32.1. The third kappa shape index (κ3) is 2.46. The Hall–Kier alpha value is -1.60. The number of thiazole rings is 1. The summed E-state index contributed by atoms with van der Waals surface area (Å²) in [7, 11) is 0. The molecule has 0 unspecified atom stereocenters. The first-order chi connectivity index (χ1) is 8.51. The predicted molar refractivity (Wildman–Crippen MR) is 74.2 cm³/mol. The number of ether oxygens (including phenoxy) is 1. The number of nitrogens with zero attached hydrogens (tertiary/aromatic N) is 2. The summed E-state index contributed by atoms with van der Waals surface area (Å²) in [6.45, 7) is 8.18. The SMILES string of the molecule is CC(C)Oc1cc(C#N)cc2sc(C(C)C)nc12. The average molecular weight is 260 g/mol. The summed E-state index contributed by atoms with van der Waals surface area (Å²) in [6, 6.07) is 5.82. The van der Waals surface area contributed by atoms with Gasteiger partial charge in [-0.05, 0) is 19.9 Å². The largest absolute Gasteiger partial charge is 0.489 e. The minimum atomic E-state index is 0.0753. The second-order valence-electron chi connectivity index (χ2n) is 4.81. The molecule has 0 saturated heterocycles. The summed E-state index contributed by atoms with van der Waals surface area (Å²) >= 11 is 1.63. The van der Waals surface area contributed by atoms with Gasteiger partial charge in [0.2, 0.25) is 0 Å². The van der Waals surface area contributed by atoms with Crippen LogP contribution in [0.3, 0.4) is 0 Å². The van der Waals surface area contributed by atoms with Crippen molar-refractivity contribution < 1.29 is 4.74 Å². The van der Waals surface area contributed by atoms with Gasteiger partial charge in [-0.15, -0.1) is 11.3 Å². The maximum atomic E-state index is 9.05. The molecule has 0 saturated carbocycles. The fraction of sp³-hybridized carbons (Fsp3) is 0.429. The first-order valence-electron chi connectivity index (χ1n) is 6.02. The highest BCUT2D eigenvalue weighted by molar-refractivity contribution is 7.18. The lowest BCUT2D eigenvalue weighted by atomic mass is 10.2. The molecule has 0 aliphatic carbocycles. The number of aromatic nitrogens is 1. The Labute approximate surface area is 111 Å².